The van der Waals surface area contributed by atoms with Gasteiger partial charge in [-0.1, -0.05) is 0 Å². The van der Waals surface area contributed by atoms with Crippen molar-refractivity contribution in [1.82, 2.24) is 0 Å². The summed E-state index contributed by atoms with van der Waals surface area (Å²) in [4.78, 5) is 0. The molecular formula is C6H8O4. The molecule has 2 unspecified atom stereocenters. The lowest BCUT2D eigenvalue weighted by Crippen LogP contribution is -2.25. The van der Waals surface area contributed by atoms with Gasteiger partial charge in [-0.05, 0) is 12.2 Å². The molecule has 0 aromatic heterocycles. The average molecular weight is 144 g/mol. The predicted octanol–water partition coefficient (Wildman–Crippen LogP) is -0.394. The van der Waals surface area contributed by atoms with Gasteiger partial charge in [0.05, 0.1) is 0 Å². The summed E-state index contributed by atoms with van der Waals surface area (Å²) in [5, 5.41) is 35.1. The zero-order valence-electron chi connectivity index (χ0n) is 5.10. The van der Waals surface area contributed by atoms with Crippen molar-refractivity contribution in [2.75, 3.05) is 0 Å². The van der Waals surface area contributed by atoms with E-state index in [1.807, 2.05) is 0 Å². The van der Waals surface area contributed by atoms with Gasteiger partial charge in [-0.2, -0.15) is 0 Å². The van der Waals surface area contributed by atoms with Gasteiger partial charge in [0.25, 0.3) is 0 Å². The van der Waals surface area contributed by atoms with E-state index in [0.29, 0.717) is 0 Å². The molecule has 0 bridgehead atoms. The normalized spacial score (nSPS) is 33.0. The van der Waals surface area contributed by atoms with Crippen molar-refractivity contribution in [3.63, 3.8) is 0 Å². The first-order valence-corrected chi connectivity index (χ1v) is 2.79. The van der Waals surface area contributed by atoms with Crippen molar-refractivity contribution in [1.29, 1.82) is 0 Å². The molecule has 1 aliphatic rings. The van der Waals surface area contributed by atoms with Crippen LogP contribution in [0.2, 0.25) is 0 Å². The highest BCUT2D eigenvalue weighted by Crippen LogP contribution is 2.14. The van der Waals surface area contributed by atoms with E-state index in [2.05, 4.69) is 0 Å². The van der Waals surface area contributed by atoms with Gasteiger partial charge in [-0.3, -0.25) is 0 Å². The Balaban J connectivity index is 2.83. The van der Waals surface area contributed by atoms with Gasteiger partial charge in [0.2, 0.25) is 0 Å². The van der Waals surface area contributed by atoms with Crippen LogP contribution in [-0.2, 0) is 0 Å². The topological polar surface area (TPSA) is 80.9 Å². The first-order chi connectivity index (χ1) is 4.61. The van der Waals surface area contributed by atoms with E-state index in [4.69, 9.17) is 20.4 Å². The Morgan fingerprint density at radius 2 is 1.20 bits per heavy atom. The van der Waals surface area contributed by atoms with Gasteiger partial charge >= 0.3 is 0 Å². The molecule has 0 spiro atoms. The van der Waals surface area contributed by atoms with Crippen LogP contribution in [0.25, 0.3) is 0 Å². The Morgan fingerprint density at radius 3 is 1.50 bits per heavy atom. The Hall–Kier alpha value is -1.00. The minimum Gasteiger partial charge on any atom is -0.504 e. The largest absolute Gasteiger partial charge is 0.504 e. The third-order valence-corrected chi connectivity index (χ3v) is 1.27. The van der Waals surface area contributed by atoms with Crippen LogP contribution in [-0.4, -0.2) is 32.6 Å². The van der Waals surface area contributed by atoms with Gasteiger partial charge in [0.15, 0.2) is 11.5 Å². The van der Waals surface area contributed by atoms with Crippen LogP contribution in [0.1, 0.15) is 0 Å². The summed E-state index contributed by atoms with van der Waals surface area (Å²) >= 11 is 0. The van der Waals surface area contributed by atoms with Crippen molar-refractivity contribution >= 4 is 0 Å². The van der Waals surface area contributed by atoms with Crippen LogP contribution in [0.15, 0.2) is 23.7 Å². The monoisotopic (exact) mass is 144 g/mol. The van der Waals surface area contributed by atoms with E-state index in [1.165, 1.54) is 0 Å². The zero-order chi connectivity index (χ0) is 7.72. The Kier molecular flexibility index (Phi) is 1.65. The Morgan fingerprint density at radius 1 is 0.900 bits per heavy atom. The van der Waals surface area contributed by atoms with Gasteiger partial charge in [0, 0.05) is 0 Å². The lowest BCUT2D eigenvalue weighted by molar-refractivity contribution is 0.0707. The summed E-state index contributed by atoms with van der Waals surface area (Å²) in [6, 6.07) is 0. The third-order valence-electron chi connectivity index (χ3n) is 1.27. The van der Waals surface area contributed by atoms with E-state index < -0.39 is 23.7 Å². The first-order valence-electron chi connectivity index (χ1n) is 2.79. The number of aliphatic hydroxyl groups is 4. The molecule has 10 heavy (non-hydrogen) atoms. The van der Waals surface area contributed by atoms with Crippen LogP contribution in [0, 0.1) is 0 Å². The molecule has 0 fully saturated rings. The predicted molar refractivity (Wildman–Crippen MR) is 33.4 cm³/mol. The van der Waals surface area contributed by atoms with Crippen LogP contribution >= 0.6 is 0 Å². The molecule has 0 radical (unpaired) electrons. The Bertz CT molecular complexity index is 172. The van der Waals surface area contributed by atoms with Crippen molar-refractivity contribution < 1.29 is 20.4 Å². The minimum atomic E-state index is -1.13. The Labute approximate surface area is 57.4 Å². The molecule has 0 aromatic carbocycles. The highest BCUT2D eigenvalue weighted by molar-refractivity contribution is 5.26. The lowest BCUT2D eigenvalue weighted by Gasteiger charge is -2.15. The van der Waals surface area contributed by atoms with Crippen LogP contribution in [0.4, 0.5) is 0 Å². The van der Waals surface area contributed by atoms with Crippen molar-refractivity contribution in [2.24, 2.45) is 0 Å². The maximum Gasteiger partial charge on any atom is 0.155 e. The molecule has 56 valence electrons. The number of hydrogen-bond donors (Lipinski definition) is 4. The van der Waals surface area contributed by atoms with E-state index in [0.717, 1.165) is 12.2 Å². The van der Waals surface area contributed by atoms with Crippen LogP contribution in [0.3, 0.4) is 0 Å². The van der Waals surface area contributed by atoms with Gasteiger partial charge in [-0.15, -0.1) is 0 Å². The molecule has 4 N–H and O–H groups in total. The van der Waals surface area contributed by atoms with Crippen molar-refractivity contribution in [3.8, 4) is 0 Å². The summed E-state index contributed by atoms with van der Waals surface area (Å²) in [7, 11) is 0. The average Bonchev–Trinajstić information content (AvgIpc) is 1.84. The van der Waals surface area contributed by atoms with E-state index in [9.17, 15) is 0 Å². The molecule has 0 heterocycles. The quantitative estimate of drug-likeness (QED) is 0.373. The SMILES string of the molecule is OC1=CC(O)C(O)C=C1O. The molecular weight excluding hydrogens is 136 g/mol. The standard InChI is InChI=1S/C6H8O4/c7-3-1-4(8)6(10)2-5(3)9/h1-3,5,7-10H. The number of rotatable bonds is 0. The van der Waals surface area contributed by atoms with Gasteiger partial charge < -0.3 is 20.4 Å². The maximum absolute atomic E-state index is 8.82. The fourth-order valence-corrected chi connectivity index (χ4v) is 0.691. The molecule has 1 rings (SSSR count). The summed E-state index contributed by atoms with van der Waals surface area (Å²) < 4.78 is 0. The molecule has 0 saturated carbocycles. The van der Waals surface area contributed by atoms with Crippen LogP contribution < -0.4 is 0 Å². The van der Waals surface area contributed by atoms with E-state index in [1.54, 1.807) is 0 Å². The van der Waals surface area contributed by atoms with E-state index in [-0.39, 0.29) is 0 Å². The van der Waals surface area contributed by atoms with Gasteiger partial charge in [-0.25, -0.2) is 0 Å². The fraction of sp³-hybridized carbons (Fsp3) is 0.333. The van der Waals surface area contributed by atoms with E-state index >= 15 is 0 Å². The second kappa shape index (κ2) is 2.32. The number of aliphatic hydroxyl groups excluding tert-OH is 4. The summed E-state index contributed by atoms with van der Waals surface area (Å²) in [5.41, 5.74) is 0. The second-order valence-corrected chi connectivity index (χ2v) is 2.08. The molecule has 0 amide bonds. The second-order valence-electron chi connectivity index (χ2n) is 2.08. The summed E-state index contributed by atoms with van der Waals surface area (Å²) in [5.74, 6) is -0.810. The minimum absolute atomic E-state index is 0.405. The third kappa shape index (κ3) is 1.12. The molecule has 0 aliphatic heterocycles. The number of hydrogen-bond acceptors (Lipinski definition) is 4. The maximum atomic E-state index is 8.82. The van der Waals surface area contributed by atoms with Crippen molar-refractivity contribution in [3.05, 3.63) is 23.7 Å². The highest BCUT2D eigenvalue weighted by atomic mass is 16.3. The first kappa shape index (κ1) is 7.11. The highest BCUT2D eigenvalue weighted by Gasteiger charge is 2.19. The van der Waals surface area contributed by atoms with Gasteiger partial charge in [0.1, 0.15) is 12.2 Å². The molecule has 0 saturated heterocycles. The summed E-state index contributed by atoms with van der Waals surface area (Å²) in [6.45, 7) is 0. The molecule has 4 nitrogen and oxygen atoms in total. The molecule has 4 heteroatoms. The smallest absolute Gasteiger partial charge is 0.155 e. The lowest BCUT2D eigenvalue weighted by atomic mass is 10.1. The van der Waals surface area contributed by atoms with Crippen LogP contribution in [0.5, 0.6) is 0 Å². The molecule has 1 aliphatic carbocycles. The molecule has 0 aromatic rings. The summed E-state index contributed by atoms with van der Waals surface area (Å²) in [6.07, 6.45) is -0.313. The fourth-order valence-electron chi connectivity index (χ4n) is 0.691. The zero-order valence-corrected chi connectivity index (χ0v) is 5.10. The molecule has 2 atom stereocenters. The van der Waals surface area contributed by atoms with Crippen molar-refractivity contribution in [2.45, 2.75) is 12.2 Å².